The van der Waals surface area contributed by atoms with Crippen LogP contribution in [-0.2, 0) is 16.2 Å². The van der Waals surface area contributed by atoms with Crippen molar-refractivity contribution < 1.29 is 23.4 Å². The molecule has 0 aliphatic rings. The summed E-state index contributed by atoms with van der Waals surface area (Å²) in [6.45, 7) is 11.1. The molecule has 0 bridgehead atoms. The summed E-state index contributed by atoms with van der Waals surface area (Å²) in [5.41, 5.74) is -0.218. The number of hydrogen-bond acceptors (Lipinski definition) is 6. The van der Waals surface area contributed by atoms with E-state index in [0.717, 1.165) is 13.2 Å². The van der Waals surface area contributed by atoms with Gasteiger partial charge in [0.15, 0.2) is 0 Å². The number of benzene rings is 2. The lowest BCUT2D eigenvalue weighted by atomic mass is 10.1. The van der Waals surface area contributed by atoms with Crippen molar-refractivity contribution in [1.82, 2.24) is 9.55 Å². The maximum atomic E-state index is 15.3. The predicted octanol–water partition coefficient (Wildman–Crippen LogP) is 4.87. The van der Waals surface area contributed by atoms with Crippen LogP contribution >= 0.6 is 0 Å². The standard InChI is InChI=1S/C25H29FN2O5Si/c1-6-13-33-20-12-8-11-19-23(20)27-22(17-9-7-10-18(21(17)26)25(30)31-2)24(29)28(19)16-32-14-15-34(3,4)5/h6-12H,1,13-16H2,2-5H3. The first-order valence-corrected chi connectivity index (χ1v) is 14.6. The molecule has 0 saturated heterocycles. The molecule has 1 heterocycles. The third-order valence-electron chi connectivity index (χ3n) is 5.17. The number of carbonyl (C=O) groups is 1. The highest BCUT2D eigenvalue weighted by Crippen LogP contribution is 2.28. The molecule has 1 aromatic heterocycles. The zero-order chi connectivity index (χ0) is 24.9. The monoisotopic (exact) mass is 484 g/mol. The van der Waals surface area contributed by atoms with Gasteiger partial charge in [-0.15, -0.1) is 0 Å². The number of nitrogens with zero attached hydrogens (tertiary/aromatic N) is 2. The summed E-state index contributed by atoms with van der Waals surface area (Å²) in [6, 6.07) is 10.3. The Hall–Kier alpha value is -3.30. The van der Waals surface area contributed by atoms with Gasteiger partial charge in [-0.1, -0.05) is 44.4 Å². The fourth-order valence-corrected chi connectivity index (χ4v) is 4.08. The molecule has 3 aromatic rings. The molecule has 0 N–H and O–H groups in total. The molecule has 0 aliphatic carbocycles. The van der Waals surface area contributed by atoms with E-state index in [9.17, 15) is 9.59 Å². The van der Waals surface area contributed by atoms with E-state index in [4.69, 9.17) is 9.47 Å². The van der Waals surface area contributed by atoms with E-state index >= 15 is 4.39 Å². The average molecular weight is 485 g/mol. The Morgan fingerprint density at radius 2 is 1.94 bits per heavy atom. The van der Waals surface area contributed by atoms with Gasteiger partial charge in [0.1, 0.15) is 36.1 Å². The van der Waals surface area contributed by atoms with Crippen molar-refractivity contribution in [3.8, 4) is 17.0 Å². The van der Waals surface area contributed by atoms with Gasteiger partial charge in [0.25, 0.3) is 5.56 Å². The van der Waals surface area contributed by atoms with Crippen LogP contribution in [0.15, 0.2) is 53.8 Å². The molecule has 9 heteroatoms. The van der Waals surface area contributed by atoms with Gasteiger partial charge in [-0.05, 0) is 30.3 Å². The number of halogens is 1. The van der Waals surface area contributed by atoms with Crippen molar-refractivity contribution in [1.29, 1.82) is 0 Å². The van der Waals surface area contributed by atoms with Gasteiger partial charge in [0.05, 0.1) is 18.2 Å². The Morgan fingerprint density at radius 3 is 2.62 bits per heavy atom. The second-order valence-corrected chi connectivity index (χ2v) is 14.5. The van der Waals surface area contributed by atoms with Crippen LogP contribution in [0.1, 0.15) is 10.4 Å². The molecule has 0 saturated carbocycles. The van der Waals surface area contributed by atoms with Crippen LogP contribution in [0.5, 0.6) is 5.75 Å². The number of rotatable bonds is 10. The SMILES string of the molecule is C=CCOc1cccc2c1nc(-c1cccc(C(=O)OC)c1F)c(=O)n2COCC[Si](C)(C)C. The fourth-order valence-electron chi connectivity index (χ4n) is 3.32. The summed E-state index contributed by atoms with van der Waals surface area (Å²) in [7, 11) is -0.162. The number of para-hydroxylation sites is 1. The fraction of sp³-hybridized carbons (Fsp3) is 0.320. The van der Waals surface area contributed by atoms with E-state index in [0.29, 0.717) is 23.4 Å². The van der Waals surface area contributed by atoms with Crippen molar-refractivity contribution in [3.63, 3.8) is 0 Å². The zero-order valence-electron chi connectivity index (χ0n) is 19.9. The highest BCUT2D eigenvalue weighted by Gasteiger charge is 2.22. The Bertz CT molecular complexity index is 1270. The number of methoxy groups -OCH3 is 1. The molecule has 2 aromatic carbocycles. The van der Waals surface area contributed by atoms with Crippen LogP contribution in [0.3, 0.4) is 0 Å². The van der Waals surface area contributed by atoms with Crippen molar-refractivity contribution in [2.75, 3.05) is 20.3 Å². The van der Waals surface area contributed by atoms with E-state index in [1.54, 1.807) is 24.3 Å². The molecule has 34 heavy (non-hydrogen) atoms. The molecule has 0 amide bonds. The van der Waals surface area contributed by atoms with Gasteiger partial charge in [-0.25, -0.2) is 14.2 Å². The topological polar surface area (TPSA) is 79.7 Å². The van der Waals surface area contributed by atoms with Gasteiger partial charge in [-0.3, -0.25) is 9.36 Å². The van der Waals surface area contributed by atoms with Crippen molar-refractivity contribution in [2.45, 2.75) is 32.4 Å². The van der Waals surface area contributed by atoms with Gasteiger partial charge in [0.2, 0.25) is 0 Å². The lowest BCUT2D eigenvalue weighted by Crippen LogP contribution is -2.27. The number of fused-ring (bicyclic) bond motifs is 1. The lowest BCUT2D eigenvalue weighted by Gasteiger charge is -2.18. The molecule has 0 radical (unpaired) electrons. The third kappa shape index (κ3) is 5.60. The van der Waals surface area contributed by atoms with E-state index in [-0.39, 0.29) is 30.2 Å². The maximum absolute atomic E-state index is 15.3. The second-order valence-electron chi connectivity index (χ2n) is 8.92. The van der Waals surface area contributed by atoms with Crippen molar-refractivity contribution in [3.05, 3.63) is 70.8 Å². The Balaban J connectivity index is 2.19. The predicted molar refractivity (Wildman–Crippen MR) is 133 cm³/mol. The summed E-state index contributed by atoms with van der Waals surface area (Å²) < 4.78 is 32.9. The van der Waals surface area contributed by atoms with E-state index < -0.39 is 25.4 Å². The first-order valence-electron chi connectivity index (χ1n) is 10.9. The Kier molecular flexibility index (Phi) is 8.01. The molecule has 0 fully saturated rings. The highest BCUT2D eigenvalue weighted by molar-refractivity contribution is 6.76. The smallest absolute Gasteiger partial charge is 0.340 e. The molecule has 3 rings (SSSR count). The molecule has 0 atom stereocenters. The number of ether oxygens (including phenoxy) is 3. The first kappa shape index (κ1) is 25.3. The van der Waals surface area contributed by atoms with Crippen molar-refractivity contribution in [2.24, 2.45) is 0 Å². The lowest BCUT2D eigenvalue weighted by molar-refractivity contribution is 0.0595. The number of aromatic nitrogens is 2. The highest BCUT2D eigenvalue weighted by atomic mass is 28.3. The summed E-state index contributed by atoms with van der Waals surface area (Å²) in [6.07, 6.45) is 1.59. The summed E-state index contributed by atoms with van der Waals surface area (Å²) in [5, 5.41) is 0. The van der Waals surface area contributed by atoms with E-state index in [2.05, 4.69) is 35.9 Å². The first-order chi connectivity index (χ1) is 16.2. The molecule has 180 valence electrons. The summed E-state index contributed by atoms with van der Waals surface area (Å²) >= 11 is 0. The molecular formula is C25H29FN2O5Si. The zero-order valence-corrected chi connectivity index (χ0v) is 20.9. The van der Waals surface area contributed by atoms with Crippen LogP contribution in [0.2, 0.25) is 25.7 Å². The summed E-state index contributed by atoms with van der Waals surface area (Å²) in [4.78, 5) is 30.0. The van der Waals surface area contributed by atoms with Crippen molar-refractivity contribution >= 4 is 25.1 Å². The summed E-state index contributed by atoms with van der Waals surface area (Å²) in [5.74, 6) is -1.31. The van der Waals surface area contributed by atoms with Crippen LogP contribution < -0.4 is 10.3 Å². The van der Waals surface area contributed by atoms with Crippen LogP contribution in [0, 0.1) is 5.82 Å². The molecular weight excluding hydrogens is 455 g/mol. The third-order valence-corrected chi connectivity index (χ3v) is 6.88. The minimum atomic E-state index is -1.33. The van der Waals surface area contributed by atoms with Gasteiger partial charge >= 0.3 is 5.97 Å². The molecule has 0 aliphatic heterocycles. The maximum Gasteiger partial charge on any atom is 0.340 e. The molecule has 7 nitrogen and oxygen atoms in total. The minimum Gasteiger partial charge on any atom is -0.487 e. The van der Waals surface area contributed by atoms with E-state index in [1.165, 1.54) is 22.8 Å². The van der Waals surface area contributed by atoms with E-state index in [1.807, 2.05) is 0 Å². The quantitative estimate of drug-likeness (QED) is 0.177. The second kappa shape index (κ2) is 10.7. The van der Waals surface area contributed by atoms with Gasteiger partial charge < -0.3 is 14.2 Å². The average Bonchev–Trinajstić information content (AvgIpc) is 2.80. The normalized spacial score (nSPS) is 11.4. The number of esters is 1. The van der Waals surface area contributed by atoms with Crippen LogP contribution in [-0.4, -0.2) is 43.9 Å². The van der Waals surface area contributed by atoms with Gasteiger partial charge in [-0.2, -0.15) is 0 Å². The number of carbonyl (C=O) groups excluding carboxylic acids is 1. The number of hydrogen-bond donors (Lipinski definition) is 0. The minimum absolute atomic E-state index is 0.0292. The van der Waals surface area contributed by atoms with Gasteiger partial charge in [0, 0.05) is 20.2 Å². The Labute approximate surface area is 198 Å². The Morgan fingerprint density at radius 1 is 1.21 bits per heavy atom. The largest absolute Gasteiger partial charge is 0.487 e. The molecule has 0 unspecified atom stereocenters. The van der Waals surface area contributed by atoms with Crippen LogP contribution in [0.4, 0.5) is 4.39 Å². The molecule has 0 spiro atoms. The van der Waals surface area contributed by atoms with Crippen LogP contribution in [0.25, 0.3) is 22.3 Å².